The lowest BCUT2D eigenvalue weighted by molar-refractivity contribution is 0.0357. The van der Waals surface area contributed by atoms with Gasteiger partial charge in [0.2, 0.25) is 0 Å². The first kappa shape index (κ1) is 11.8. The fraction of sp³-hybridized carbons (Fsp3) is 0.417. The van der Waals surface area contributed by atoms with Crippen LogP contribution >= 0.6 is 0 Å². The van der Waals surface area contributed by atoms with Crippen LogP contribution < -0.4 is 0 Å². The number of carbonyl (C=O) groups excluding carboxylic acids is 1. The molecule has 5 heteroatoms. The van der Waals surface area contributed by atoms with Crippen molar-refractivity contribution in [3.05, 3.63) is 35.9 Å². The van der Waals surface area contributed by atoms with E-state index in [4.69, 9.17) is 4.74 Å². The van der Waals surface area contributed by atoms with Crippen molar-refractivity contribution in [2.24, 2.45) is 0 Å². The molecule has 0 spiro atoms. The maximum atomic E-state index is 12.8. The van der Waals surface area contributed by atoms with Crippen molar-refractivity contribution < 1.29 is 18.3 Å². The first-order chi connectivity index (χ1) is 8.09. The summed E-state index contributed by atoms with van der Waals surface area (Å²) in [5.74, 6) is 0. The van der Waals surface area contributed by atoms with Crippen molar-refractivity contribution in [2.45, 2.75) is 32.0 Å². The van der Waals surface area contributed by atoms with Crippen molar-refractivity contribution in [3.8, 4) is 0 Å². The van der Waals surface area contributed by atoms with Gasteiger partial charge < -0.3 is 4.74 Å². The molecule has 0 aliphatic carbocycles. The molecule has 0 radical (unpaired) electrons. The number of amides is 1. The molecule has 1 aromatic carbocycles. The van der Waals surface area contributed by atoms with Gasteiger partial charge in [-0.25, -0.2) is 13.6 Å². The Morgan fingerprint density at radius 3 is 2.59 bits per heavy atom. The number of rotatable bonds is 3. The number of benzene rings is 1. The van der Waals surface area contributed by atoms with Gasteiger partial charge in [0.05, 0.1) is 0 Å². The third kappa shape index (κ3) is 2.38. The van der Waals surface area contributed by atoms with E-state index >= 15 is 0 Å². The monoisotopic (exact) mass is 241 g/mol. The third-order valence-corrected chi connectivity index (χ3v) is 2.82. The number of nitrogens with zero attached hydrogens (tertiary/aromatic N) is 1. The summed E-state index contributed by atoms with van der Waals surface area (Å²) in [5.41, 5.74) is 0.809. The van der Waals surface area contributed by atoms with Crippen LogP contribution in [0.1, 0.15) is 12.5 Å². The van der Waals surface area contributed by atoms with E-state index in [1.165, 1.54) is 6.92 Å². The molecule has 0 unspecified atom stereocenters. The number of alkyl halides is 2. The van der Waals surface area contributed by atoms with Crippen LogP contribution in [0, 0.1) is 0 Å². The highest BCUT2D eigenvalue weighted by Crippen LogP contribution is 2.26. The lowest BCUT2D eigenvalue weighted by Crippen LogP contribution is -2.40. The SMILES string of the molecule is C[C@H]1OC(=O)N(Cc2ccccc2)[C@@H]1C(F)F. The number of halogens is 2. The van der Waals surface area contributed by atoms with Crippen LogP contribution in [0.4, 0.5) is 13.6 Å². The van der Waals surface area contributed by atoms with E-state index in [1.807, 2.05) is 6.07 Å². The second-order valence-corrected chi connectivity index (χ2v) is 4.03. The highest BCUT2D eigenvalue weighted by molar-refractivity contribution is 5.70. The van der Waals surface area contributed by atoms with E-state index in [-0.39, 0.29) is 6.54 Å². The maximum Gasteiger partial charge on any atom is 0.410 e. The van der Waals surface area contributed by atoms with Gasteiger partial charge in [-0.3, -0.25) is 4.90 Å². The number of hydrogen-bond acceptors (Lipinski definition) is 2. The second-order valence-electron chi connectivity index (χ2n) is 4.03. The van der Waals surface area contributed by atoms with Crippen LogP contribution in [-0.2, 0) is 11.3 Å². The number of hydrogen-bond donors (Lipinski definition) is 0. The molecule has 1 saturated heterocycles. The molecule has 3 nitrogen and oxygen atoms in total. The molecule has 2 rings (SSSR count). The highest BCUT2D eigenvalue weighted by atomic mass is 19.3. The lowest BCUT2D eigenvalue weighted by Gasteiger charge is -2.22. The molecule has 0 bridgehead atoms. The molecule has 1 amide bonds. The molecule has 17 heavy (non-hydrogen) atoms. The molecule has 2 atom stereocenters. The van der Waals surface area contributed by atoms with E-state index in [0.29, 0.717) is 0 Å². The number of cyclic esters (lactones) is 1. The Hall–Kier alpha value is -1.65. The minimum absolute atomic E-state index is 0.152. The molecule has 1 fully saturated rings. The summed E-state index contributed by atoms with van der Waals surface area (Å²) in [4.78, 5) is 12.6. The van der Waals surface area contributed by atoms with Crippen molar-refractivity contribution in [1.82, 2.24) is 4.90 Å². The molecule has 0 aromatic heterocycles. The van der Waals surface area contributed by atoms with Gasteiger partial charge in [0.25, 0.3) is 6.43 Å². The fourth-order valence-corrected chi connectivity index (χ4v) is 1.96. The van der Waals surface area contributed by atoms with E-state index in [0.717, 1.165) is 10.5 Å². The van der Waals surface area contributed by atoms with Crippen molar-refractivity contribution in [1.29, 1.82) is 0 Å². The molecule has 1 aromatic rings. The van der Waals surface area contributed by atoms with Crippen LogP contribution in [0.3, 0.4) is 0 Å². The molecule has 1 aliphatic rings. The van der Waals surface area contributed by atoms with E-state index < -0.39 is 24.7 Å². The highest BCUT2D eigenvalue weighted by Gasteiger charge is 2.44. The Kier molecular flexibility index (Phi) is 3.26. The van der Waals surface area contributed by atoms with Gasteiger partial charge in [-0.2, -0.15) is 0 Å². The summed E-state index contributed by atoms with van der Waals surface area (Å²) in [6.07, 6.45) is -4.04. The quantitative estimate of drug-likeness (QED) is 0.814. The largest absolute Gasteiger partial charge is 0.444 e. The van der Waals surface area contributed by atoms with Gasteiger partial charge >= 0.3 is 6.09 Å². The minimum atomic E-state index is -2.60. The van der Waals surface area contributed by atoms with Crippen molar-refractivity contribution in [2.75, 3.05) is 0 Å². The summed E-state index contributed by atoms with van der Waals surface area (Å²) < 4.78 is 30.5. The molecular formula is C12H13F2NO2. The Morgan fingerprint density at radius 1 is 1.35 bits per heavy atom. The van der Waals surface area contributed by atoms with E-state index in [1.54, 1.807) is 24.3 Å². The predicted octanol–water partition coefficient (Wildman–Crippen LogP) is 2.66. The van der Waals surface area contributed by atoms with Gasteiger partial charge in [0.1, 0.15) is 12.1 Å². The molecular weight excluding hydrogens is 228 g/mol. The molecule has 1 heterocycles. The van der Waals surface area contributed by atoms with E-state index in [2.05, 4.69) is 0 Å². The summed E-state index contributed by atoms with van der Waals surface area (Å²) in [6.45, 7) is 1.64. The molecule has 1 aliphatic heterocycles. The zero-order valence-corrected chi connectivity index (χ0v) is 9.35. The Balaban J connectivity index is 2.16. The topological polar surface area (TPSA) is 29.5 Å². The minimum Gasteiger partial charge on any atom is -0.444 e. The standard InChI is InChI=1S/C12H13F2NO2/c1-8-10(11(13)14)15(12(16)17-8)7-9-5-3-2-4-6-9/h2-6,8,10-11H,7H2,1H3/t8-,10+/m1/s1. The van der Waals surface area contributed by atoms with Gasteiger partial charge in [-0.1, -0.05) is 30.3 Å². The summed E-state index contributed by atoms with van der Waals surface area (Å²) in [6, 6.07) is 7.86. The zero-order valence-electron chi connectivity index (χ0n) is 9.35. The van der Waals surface area contributed by atoms with Crippen molar-refractivity contribution in [3.63, 3.8) is 0 Å². The lowest BCUT2D eigenvalue weighted by atomic mass is 10.1. The third-order valence-electron chi connectivity index (χ3n) is 2.82. The molecule has 92 valence electrons. The normalized spacial score (nSPS) is 24.2. The predicted molar refractivity (Wildman–Crippen MR) is 57.7 cm³/mol. The van der Waals surface area contributed by atoms with Crippen LogP contribution in [0.2, 0.25) is 0 Å². The average molecular weight is 241 g/mol. The van der Waals surface area contributed by atoms with Crippen LogP contribution in [-0.4, -0.2) is 29.6 Å². The Labute approximate surface area is 98.0 Å². The molecule has 0 saturated carbocycles. The van der Waals surface area contributed by atoms with E-state index in [9.17, 15) is 13.6 Å². The average Bonchev–Trinajstić information content (AvgIpc) is 2.55. The number of ether oxygens (including phenoxy) is 1. The van der Waals surface area contributed by atoms with Gasteiger partial charge in [-0.05, 0) is 12.5 Å². The van der Waals surface area contributed by atoms with Gasteiger partial charge in [-0.15, -0.1) is 0 Å². The van der Waals surface area contributed by atoms with Gasteiger partial charge in [0.15, 0.2) is 0 Å². The van der Waals surface area contributed by atoms with Crippen LogP contribution in [0.25, 0.3) is 0 Å². The van der Waals surface area contributed by atoms with Crippen LogP contribution in [0.15, 0.2) is 30.3 Å². The second kappa shape index (κ2) is 4.69. The van der Waals surface area contributed by atoms with Gasteiger partial charge in [0, 0.05) is 6.54 Å². The molecule has 0 N–H and O–H groups in total. The Morgan fingerprint density at radius 2 is 2.00 bits per heavy atom. The fourth-order valence-electron chi connectivity index (χ4n) is 1.96. The first-order valence-corrected chi connectivity index (χ1v) is 5.39. The maximum absolute atomic E-state index is 12.8. The first-order valence-electron chi connectivity index (χ1n) is 5.39. The summed E-state index contributed by atoms with van der Waals surface area (Å²) in [7, 11) is 0. The smallest absolute Gasteiger partial charge is 0.410 e. The number of carbonyl (C=O) groups is 1. The summed E-state index contributed by atoms with van der Waals surface area (Å²) in [5, 5.41) is 0. The van der Waals surface area contributed by atoms with Crippen molar-refractivity contribution >= 4 is 6.09 Å². The Bertz CT molecular complexity index is 397. The zero-order chi connectivity index (χ0) is 12.4. The summed E-state index contributed by atoms with van der Waals surface area (Å²) >= 11 is 0. The van der Waals surface area contributed by atoms with Crippen LogP contribution in [0.5, 0.6) is 0 Å².